The van der Waals surface area contributed by atoms with Crippen LogP contribution in [0.1, 0.15) is 39.5 Å². The Labute approximate surface area is 108 Å². The highest BCUT2D eigenvalue weighted by molar-refractivity contribution is 5.80. The van der Waals surface area contributed by atoms with Crippen molar-refractivity contribution in [3.05, 3.63) is 0 Å². The summed E-state index contributed by atoms with van der Waals surface area (Å²) in [6, 6.07) is 0. The number of carboxylic acid groups (broad SMARTS) is 1. The van der Waals surface area contributed by atoms with E-state index in [1.807, 2.05) is 13.8 Å². The van der Waals surface area contributed by atoms with Gasteiger partial charge >= 0.3 is 5.97 Å². The van der Waals surface area contributed by atoms with Crippen molar-refractivity contribution in [3.63, 3.8) is 0 Å². The van der Waals surface area contributed by atoms with Crippen LogP contribution >= 0.6 is 0 Å². The molecule has 0 aromatic carbocycles. The molecule has 0 unspecified atom stereocenters. The van der Waals surface area contributed by atoms with Gasteiger partial charge in [-0.15, -0.1) is 0 Å². The van der Waals surface area contributed by atoms with Gasteiger partial charge in [-0.05, 0) is 38.1 Å². The average molecular weight is 256 g/mol. The summed E-state index contributed by atoms with van der Waals surface area (Å²) in [6.45, 7) is 5.06. The molecular weight excluding hydrogens is 232 g/mol. The molecule has 0 aliphatic heterocycles. The fourth-order valence-corrected chi connectivity index (χ4v) is 1.92. The van der Waals surface area contributed by atoms with Crippen molar-refractivity contribution < 1.29 is 14.7 Å². The van der Waals surface area contributed by atoms with Crippen molar-refractivity contribution in [1.29, 1.82) is 0 Å². The van der Waals surface area contributed by atoms with Crippen LogP contribution in [-0.2, 0) is 9.59 Å². The molecule has 3 N–H and O–H groups in total. The minimum Gasteiger partial charge on any atom is -0.481 e. The normalized spacial score (nSPS) is 15.4. The van der Waals surface area contributed by atoms with Crippen molar-refractivity contribution in [3.8, 4) is 0 Å². The smallest absolute Gasteiger partial charge is 0.311 e. The first kappa shape index (κ1) is 15.0. The van der Waals surface area contributed by atoms with E-state index in [-0.39, 0.29) is 19.0 Å². The van der Waals surface area contributed by atoms with Gasteiger partial charge in [0, 0.05) is 6.54 Å². The Bertz CT molecular complexity index is 297. The lowest BCUT2D eigenvalue weighted by atomic mass is 9.82. The minimum absolute atomic E-state index is 0.122. The fraction of sp³-hybridized carbons (Fsp3) is 0.846. The Balaban J connectivity index is 2.27. The van der Waals surface area contributed by atoms with E-state index in [4.69, 9.17) is 0 Å². The number of carbonyl (C=O) groups is 2. The van der Waals surface area contributed by atoms with Crippen LogP contribution in [0.3, 0.4) is 0 Å². The van der Waals surface area contributed by atoms with Gasteiger partial charge < -0.3 is 15.7 Å². The third-order valence-corrected chi connectivity index (χ3v) is 3.85. The molecule has 0 atom stereocenters. The van der Waals surface area contributed by atoms with E-state index in [1.54, 1.807) is 0 Å². The SMILES string of the molecule is CCC(CC)(CNC(=O)CNCC1CC1)C(=O)O. The van der Waals surface area contributed by atoms with Gasteiger partial charge in [0.05, 0.1) is 12.0 Å². The monoisotopic (exact) mass is 256 g/mol. The average Bonchev–Trinajstić information content (AvgIpc) is 3.15. The van der Waals surface area contributed by atoms with Crippen LogP contribution < -0.4 is 10.6 Å². The van der Waals surface area contributed by atoms with Crippen LogP contribution in [0, 0.1) is 11.3 Å². The maximum atomic E-state index is 11.6. The summed E-state index contributed by atoms with van der Waals surface area (Å²) in [6.07, 6.45) is 3.55. The Morgan fingerprint density at radius 1 is 1.28 bits per heavy atom. The second-order valence-corrected chi connectivity index (χ2v) is 5.14. The number of rotatable bonds is 9. The first-order valence-corrected chi connectivity index (χ1v) is 6.75. The summed E-state index contributed by atoms with van der Waals surface area (Å²) in [4.78, 5) is 22.8. The molecule has 104 valence electrons. The van der Waals surface area contributed by atoms with Crippen molar-refractivity contribution in [2.75, 3.05) is 19.6 Å². The zero-order valence-corrected chi connectivity index (χ0v) is 11.3. The van der Waals surface area contributed by atoms with E-state index in [0.29, 0.717) is 12.8 Å². The molecule has 1 saturated carbocycles. The van der Waals surface area contributed by atoms with E-state index in [9.17, 15) is 14.7 Å². The largest absolute Gasteiger partial charge is 0.481 e. The van der Waals surface area contributed by atoms with Crippen molar-refractivity contribution >= 4 is 11.9 Å². The van der Waals surface area contributed by atoms with Gasteiger partial charge in [0.2, 0.25) is 5.91 Å². The van der Waals surface area contributed by atoms with E-state index >= 15 is 0 Å². The first-order valence-electron chi connectivity index (χ1n) is 6.75. The maximum absolute atomic E-state index is 11.6. The van der Waals surface area contributed by atoms with Crippen LogP contribution in [0.4, 0.5) is 0 Å². The summed E-state index contributed by atoms with van der Waals surface area (Å²) in [7, 11) is 0. The molecule has 5 heteroatoms. The third kappa shape index (κ3) is 4.29. The first-order chi connectivity index (χ1) is 8.54. The number of amides is 1. The molecule has 0 aromatic rings. The molecule has 5 nitrogen and oxygen atoms in total. The molecule has 0 radical (unpaired) electrons. The molecule has 1 aliphatic rings. The van der Waals surface area contributed by atoms with Gasteiger partial charge in [-0.2, -0.15) is 0 Å². The summed E-state index contributed by atoms with van der Waals surface area (Å²) in [5.41, 5.74) is -0.827. The van der Waals surface area contributed by atoms with Gasteiger partial charge in [0.25, 0.3) is 0 Å². The second-order valence-electron chi connectivity index (χ2n) is 5.14. The van der Waals surface area contributed by atoms with Gasteiger partial charge in [-0.1, -0.05) is 13.8 Å². The lowest BCUT2D eigenvalue weighted by molar-refractivity contribution is -0.149. The van der Waals surface area contributed by atoms with Gasteiger partial charge in [-0.25, -0.2) is 0 Å². The fourth-order valence-electron chi connectivity index (χ4n) is 1.92. The molecule has 1 fully saturated rings. The number of carbonyl (C=O) groups excluding carboxylic acids is 1. The lowest BCUT2D eigenvalue weighted by Gasteiger charge is -2.26. The zero-order valence-electron chi connectivity index (χ0n) is 11.3. The van der Waals surface area contributed by atoms with Gasteiger partial charge in [0.15, 0.2) is 0 Å². The van der Waals surface area contributed by atoms with Crippen LogP contribution in [-0.4, -0.2) is 36.6 Å². The lowest BCUT2D eigenvalue weighted by Crippen LogP contribution is -2.45. The Morgan fingerprint density at radius 3 is 2.33 bits per heavy atom. The molecule has 0 saturated heterocycles. The summed E-state index contributed by atoms with van der Waals surface area (Å²) >= 11 is 0. The topological polar surface area (TPSA) is 78.4 Å². The van der Waals surface area contributed by atoms with E-state index < -0.39 is 11.4 Å². The molecule has 1 amide bonds. The van der Waals surface area contributed by atoms with Crippen LogP contribution in [0.25, 0.3) is 0 Å². The predicted octanol–water partition coefficient (Wildman–Crippen LogP) is 0.993. The molecule has 0 bridgehead atoms. The standard InChI is InChI=1S/C13H24N2O3/c1-3-13(4-2,12(17)18)9-15-11(16)8-14-7-10-5-6-10/h10,14H,3-9H2,1-2H3,(H,15,16)(H,17,18). The Hall–Kier alpha value is -1.10. The molecule has 0 aromatic heterocycles. The molecule has 1 aliphatic carbocycles. The number of aliphatic carboxylic acids is 1. The Morgan fingerprint density at radius 2 is 1.89 bits per heavy atom. The predicted molar refractivity (Wildman–Crippen MR) is 69.3 cm³/mol. The van der Waals surface area contributed by atoms with Crippen molar-refractivity contribution in [2.45, 2.75) is 39.5 Å². The van der Waals surface area contributed by atoms with Gasteiger partial charge in [-0.3, -0.25) is 9.59 Å². The summed E-state index contributed by atoms with van der Waals surface area (Å²) in [5.74, 6) is -0.218. The molecule has 18 heavy (non-hydrogen) atoms. The molecule has 1 rings (SSSR count). The number of hydrogen-bond acceptors (Lipinski definition) is 3. The second kappa shape index (κ2) is 6.73. The Kier molecular flexibility index (Phi) is 5.59. The van der Waals surface area contributed by atoms with Crippen LogP contribution in [0.5, 0.6) is 0 Å². The zero-order chi connectivity index (χ0) is 13.6. The van der Waals surface area contributed by atoms with Crippen LogP contribution in [0.2, 0.25) is 0 Å². The minimum atomic E-state index is -0.835. The van der Waals surface area contributed by atoms with Gasteiger partial charge in [0.1, 0.15) is 0 Å². The molecule has 0 heterocycles. The number of hydrogen-bond donors (Lipinski definition) is 3. The molecule has 0 spiro atoms. The summed E-state index contributed by atoms with van der Waals surface area (Å²) < 4.78 is 0. The van der Waals surface area contributed by atoms with Crippen molar-refractivity contribution in [2.24, 2.45) is 11.3 Å². The highest BCUT2D eigenvalue weighted by Crippen LogP contribution is 2.27. The van der Waals surface area contributed by atoms with Crippen molar-refractivity contribution in [1.82, 2.24) is 10.6 Å². The molecular formula is C13H24N2O3. The summed E-state index contributed by atoms with van der Waals surface area (Å²) in [5, 5.41) is 15.0. The van der Waals surface area contributed by atoms with E-state index in [2.05, 4.69) is 10.6 Å². The highest BCUT2D eigenvalue weighted by atomic mass is 16.4. The maximum Gasteiger partial charge on any atom is 0.311 e. The highest BCUT2D eigenvalue weighted by Gasteiger charge is 2.35. The number of carboxylic acids is 1. The van der Waals surface area contributed by atoms with Crippen LogP contribution in [0.15, 0.2) is 0 Å². The van der Waals surface area contributed by atoms with E-state index in [0.717, 1.165) is 12.5 Å². The van der Waals surface area contributed by atoms with E-state index in [1.165, 1.54) is 12.8 Å². The quantitative estimate of drug-likeness (QED) is 0.575. The number of nitrogens with one attached hydrogen (secondary N) is 2. The third-order valence-electron chi connectivity index (χ3n) is 3.85.